The van der Waals surface area contributed by atoms with E-state index in [9.17, 15) is 10.0 Å². The lowest BCUT2D eigenvalue weighted by Crippen LogP contribution is -2.33. The number of carbonyl (C=O) groups is 1. The van der Waals surface area contributed by atoms with Gasteiger partial charge in [-0.2, -0.15) is 0 Å². The predicted octanol–water partition coefficient (Wildman–Crippen LogP) is 1.96. The number of ether oxygens (including phenoxy) is 1. The van der Waals surface area contributed by atoms with Gasteiger partial charge >= 0.3 is 6.03 Å². The predicted molar refractivity (Wildman–Crippen MR) is 66.5 cm³/mol. The highest BCUT2D eigenvalue weighted by Crippen LogP contribution is 2.49. The first-order valence-electron chi connectivity index (χ1n) is 6.01. The molecule has 0 spiro atoms. The second kappa shape index (κ2) is 5.27. The maximum absolute atomic E-state index is 10.6. The van der Waals surface area contributed by atoms with Gasteiger partial charge in [0.1, 0.15) is 5.75 Å². The van der Waals surface area contributed by atoms with E-state index in [1.807, 2.05) is 12.1 Å². The van der Waals surface area contributed by atoms with Crippen LogP contribution in [0, 0.1) is 5.92 Å². The van der Waals surface area contributed by atoms with E-state index in [4.69, 9.17) is 10.5 Å². The van der Waals surface area contributed by atoms with Gasteiger partial charge in [-0.25, -0.2) is 9.86 Å². The Bertz CT molecular complexity index is 419. The number of methoxy groups -OCH3 is 1. The molecule has 2 amide bonds. The van der Waals surface area contributed by atoms with Crippen LogP contribution >= 0.6 is 0 Å². The number of hydrogen-bond acceptors (Lipinski definition) is 3. The molecule has 0 saturated heterocycles. The number of benzene rings is 1. The molecule has 1 aliphatic rings. The first-order valence-corrected chi connectivity index (χ1v) is 6.01. The molecular weight excluding hydrogens is 232 g/mol. The molecule has 1 fully saturated rings. The minimum Gasteiger partial charge on any atom is -0.497 e. The second-order valence-electron chi connectivity index (χ2n) is 4.63. The molecular formula is C13H18N2O3. The summed E-state index contributed by atoms with van der Waals surface area (Å²) in [5.74, 6) is 1.90. The Morgan fingerprint density at radius 3 is 2.72 bits per heavy atom. The van der Waals surface area contributed by atoms with E-state index in [1.165, 1.54) is 5.56 Å². The van der Waals surface area contributed by atoms with Gasteiger partial charge in [0.15, 0.2) is 0 Å². The molecule has 1 aromatic rings. The average Bonchev–Trinajstić information content (AvgIpc) is 3.15. The topological polar surface area (TPSA) is 75.8 Å². The number of nitrogens with zero attached hydrogens (tertiary/aromatic N) is 1. The molecule has 3 N–H and O–H groups in total. The van der Waals surface area contributed by atoms with Gasteiger partial charge in [-0.15, -0.1) is 0 Å². The fourth-order valence-electron chi connectivity index (χ4n) is 2.22. The van der Waals surface area contributed by atoms with Gasteiger partial charge in [0, 0.05) is 0 Å². The third-order valence-electron chi connectivity index (χ3n) is 3.43. The first-order chi connectivity index (χ1) is 8.61. The largest absolute Gasteiger partial charge is 0.497 e. The summed E-state index contributed by atoms with van der Waals surface area (Å²) in [5.41, 5.74) is 6.23. The van der Waals surface area contributed by atoms with E-state index in [0.717, 1.165) is 18.6 Å². The number of hydrogen-bond donors (Lipinski definition) is 2. The van der Waals surface area contributed by atoms with Crippen LogP contribution in [0.2, 0.25) is 0 Å². The van der Waals surface area contributed by atoms with Gasteiger partial charge in [-0.1, -0.05) is 12.1 Å². The molecule has 98 valence electrons. The Labute approximate surface area is 106 Å². The number of carbonyl (C=O) groups excluding carboxylic acids is 1. The van der Waals surface area contributed by atoms with Crippen LogP contribution in [0.5, 0.6) is 5.75 Å². The molecule has 0 aliphatic heterocycles. The van der Waals surface area contributed by atoms with E-state index in [-0.39, 0.29) is 0 Å². The highest BCUT2D eigenvalue weighted by Gasteiger charge is 2.38. The molecule has 18 heavy (non-hydrogen) atoms. The summed E-state index contributed by atoms with van der Waals surface area (Å²) >= 11 is 0. The van der Waals surface area contributed by atoms with Crippen LogP contribution < -0.4 is 10.5 Å². The van der Waals surface area contributed by atoms with Crippen LogP contribution in [0.25, 0.3) is 0 Å². The highest BCUT2D eigenvalue weighted by atomic mass is 16.5. The monoisotopic (exact) mass is 250 g/mol. The van der Waals surface area contributed by atoms with Crippen molar-refractivity contribution in [1.29, 1.82) is 0 Å². The van der Waals surface area contributed by atoms with Crippen LogP contribution in [0.1, 0.15) is 24.3 Å². The molecule has 5 heteroatoms. The van der Waals surface area contributed by atoms with Crippen molar-refractivity contribution in [3.05, 3.63) is 29.8 Å². The Hall–Kier alpha value is -1.75. The number of hydroxylamine groups is 2. The van der Waals surface area contributed by atoms with E-state index >= 15 is 0 Å². The summed E-state index contributed by atoms with van der Waals surface area (Å²) < 4.78 is 5.11. The van der Waals surface area contributed by atoms with E-state index in [2.05, 4.69) is 12.1 Å². The summed E-state index contributed by atoms with van der Waals surface area (Å²) in [5, 5.41) is 9.74. The van der Waals surface area contributed by atoms with Crippen molar-refractivity contribution in [2.45, 2.75) is 18.8 Å². The minimum atomic E-state index is -0.795. The number of urea groups is 1. The Balaban J connectivity index is 1.81. The number of amides is 2. The smallest absolute Gasteiger partial charge is 0.338 e. The lowest BCUT2D eigenvalue weighted by molar-refractivity contribution is -0.0410. The summed E-state index contributed by atoms with van der Waals surface area (Å²) in [6.07, 6.45) is 1.87. The summed E-state index contributed by atoms with van der Waals surface area (Å²) in [6, 6.07) is 7.23. The number of rotatable bonds is 5. The standard InChI is InChI=1S/C13H18N2O3/c1-18-11-4-2-9(3-5-11)12-8-10(12)6-7-15(17)13(14)16/h2-5,10,12,17H,6-8H2,1H3,(H2,14,16). The van der Waals surface area contributed by atoms with Crippen molar-refractivity contribution in [2.24, 2.45) is 11.7 Å². The quantitative estimate of drug-likeness (QED) is 0.619. The van der Waals surface area contributed by atoms with Crippen molar-refractivity contribution in [2.75, 3.05) is 13.7 Å². The molecule has 2 rings (SSSR count). The van der Waals surface area contributed by atoms with Crippen LogP contribution in [-0.2, 0) is 0 Å². The molecule has 2 unspecified atom stereocenters. The van der Waals surface area contributed by atoms with Gasteiger partial charge in [-0.05, 0) is 42.4 Å². The van der Waals surface area contributed by atoms with Gasteiger partial charge in [0.05, 0.1) is 13.7 Å². The zero-order valence-corrected chi connectivity index (χ0v) is 10.4. The van der Waals surface area contributed by atoms with Crippen LogP contribution in [0.3, 0.4) is 0 Å². The van der Waals surface area contributed by atoms with E-state index in [0.29, 0.717) is 23.4 Å². The molecule has 0 heterocycles. The molecule has 5 nitrogen and oxygen atoms in total. The molecule has 1 saturated carbocycles. The second-order valence-corrected chi connectivity index (χ2v) is 4.63. The van der Waals surface area contributed by atoms with Crippen molar-refractivity contribution in [1.82, 2.24) is 5.06 Å². The molecule has 2 atom stereocenters. The lowest BCUT2D eigenvalue weighted by atomic mass is 10.1. The SMILES string of the molecule is COc1ccc(C2CC2CCN(O)C(N)=O)cc1. The molecule has 0 aromatic heterocycles. The Morgan fingerprint density at radius 1 is 1.50 bits per heavy atom. The molecule has 1 aliphatic carbocycles. The number of nitrogens with two attached hydrogens (primary N) is 1. The van der Waals surface area contributed by atoms with Crippen molar-refractivity contribution >= 4 is 6.03 Å². The van der Waals surface area contributed by atoms with E-state index in [1.54, 1.807) is 7.11 Å². The number of primary amides is 1. The maximum atomic E-state index is 10.6. The zero-order valence-electron chi connectivity index (χ0n) is 10.4. The fourth-order valence-corrected chi connectivity index (χ4v) is 2.22. The molecule has 1 aromatic carbocycles. The zero-order chi connectivity index (χ0) is 13.1. The first kappa shape index (κ1) is 12.7. The Kier molecular flexibility index (Phi) is 3.72. The van der Waals surface area contributed by atoms with Crippen molar-refractivity contribution in [3.8, 4) is 5.75 Å². The van der Waals surface area contributed by atoms with Crippen LogP contribution in [-0.4, -0.2) is 30.0 Å². The average molecular weight is 250 g/mol. The Morgan fingerprint density at radius 2 is 2.17 bits per heavy atom. The fraction of sp³-hybridized carbons (Fsp3) is 0.462. The van der Waals surface area contributed by atoms with Crippen molar-refractivity contribution in [3.63, 3.8) is 0 Å². The van der Waals surface area contributed by atoms with Gasteiger partial charge in [-0.3, -0.25) is 5.21 Å². The van der Waals surface area contributed by atoms with E-state index < -0.39 is 6.03 Å². The maximum Gasteiger partial charge on any atom is 0.338 e. The van der Waals surface area contributed by atoms with Crippen LogP contribution in [0.4, 0.5) is 4.79 Å². The molecule has 0 bridgehead atoms. The highest BCUT2D eigenvalue weighted by molar-refractivity contribution is 5.70. The third kappa shape index (κ3) is 2.92. The summed E-state index contributed by atoms with van der Waals surface area (Å²) in [6.45, 7) is 0.298. The summed E-state index contributed by atoms with van der Waals surface area (Å²) in [7, 11) is 1.65. The third-order valence-corrected chi connectivity index (χ3v) is 3.43. The normalized spacial score (nSPS) is 21.4. The van der Waals surface area contributed by atoms with Gasteiger partial charge < -0.3 is 10.5 Å². The van der Waals surface area contributed by atoms with Gasteiger partial charge in [0.2, 0.25) is 0 Å². The molecule has 0 radical (unpaired) electrons. The summed E-state index contributed by atoms with van der Waals surface area (Å²) in [4.78, 5) is 10.6. The van der Waals surface area contributed by atoms with Crippen LogP contribution in [0.15, 0.2) is 24.3 Å². The lowest BCUT2D eigenvalue weighted by Gasteiger charge is -2.11. The minimum absolute atomic E-state index is 0.298. The van der Waals surface area contributed by atoms with Gasteiger partial charge in [0.25, 0.3) is 0 Å². The van der Waals surface area contributed by atoms with Crippen molar-refractivity contribution < 1.29 is 14.7 Å².